The first kappa shape index (κ1) is 16.4. The first-order valence-electron chi connectivity index (χ1n) is 7.49. The van der Waals surface area contributed by atoms with Crippen molar-refractivity contribution in [1.82, 2.24) is 19.9 Å². The number of rotatable bonds is 5. The van der Waals surface area contributed by atoms with Gasteiger partial charge >= 0.3 is 5.97 Å². The molecule has 0 aliphatic rings. The molecule has 1 aromatic carbocycles. The van der Waals surface area contributed by atoms with Gasteiger partial charge in [0, 0.05) is 12.7 Å². The number of carboxylic acid groups (broad SMARTS) is 1. The molecule has 8 heteroatoms. The highest BCUT2D eigenvalue weighted by Gasteiger charge is 2.13. The Morgan fingerprint density at radius 1 is 1.24 bits per heavy atom. The van der Waals surface area contributed by atoms with Crippen LogP contribution < -0.4 is 10.1 Å². The number of hydrogen-bond acceptors (Lipinski definition) is 5. The number of carboxylic acids is 1. The van der Waals surface area contributed by atoms with Gasteiger partial charge in [0.15, 0.2) is 5.65 Å². The van der Waals surface area contributed by atoms with Crippen LogP contribution in [0.2, 0.25) is 0 Å². The number of ether oxygens (including phenoxy) is 1. The van der Waals surface area contributed by atoms with Gasteiger partial charge in [0.05, 0.1) is 12.7 Å². The number of aromatic carboxylic acids is 1. The Labute approximate surface area is 143 Å². The smallest absolute Gasteiger partial charge is 0.339 e. The van der Waals surface area contributed by atoms with E-state index in [1.54, 1.807) is 41.8 Å². The third kappa shape index (κ3) is 3.27. The number of fused-ring (bicyclic) bond motifs is 1. The predicted molar refractivity (Wildman–Crippen MR) is 88.8 cm³/mol. The number of aryl methyl sites for hydroxylation is 1. The van der Waals surface area contributed by atoms with Crippen LogP contribution in [0, 0.1) is 6.92 Å². The molecule has 3 aromatic rings. The fourth-order valence-electron chi connectivity index (χ4n) is 2.46. The molecule has 3 rings (SSSR count). The standard InChI is InChI=1S/C17H16N4O4/c1-10-19-20-15-6-4-12(9-21(10)15)16(22)18-8-11-3-5-14(25-2)13(7-11)17(23)24/h3-7,9H,8H2,1-2H3,(H,18,22)(H,23,24). The van der Waals surface area contributed by atoms with Gasteiger partial charge in [-0.2, -0.15) is 0 Å². The molecule has 0 atom stereocenters. The Bertz CT molecular complexity index is 964. The Morgan fingerprint density at radius 3 is 2.76 bits per heavy atom. The van der Waals surface area contributed by atoms with Gasteiger partial charge in [-0.15, -0.1) is 10.2 Å². The average Bonchev–Trinajstić information content (AvgIpc) is 2.99. The maximum absolute atomic E-state index is 12.3. The Balaban J connectivity index is 1.76. The zero-order chi connectivity index (χ0) is 18.0. The molecule has 0 bridgehead atoms. The summed E-state index contributed by atoms with van der Waals surface area (Å²) in [5.41, 5.74) is 1.83. The van der Waals surface area contributed by atoms with Crippen molar-refractivity contribution in [2.75, 3.05) is 7.11 Å². The molecule has 25 heavy (non-hydrogen) atoms. The van der Waals surface area contributed by atoms with Crippen molar-refractivity contribution < 1.29 is 19.4 Å². The van der Waals surface area contributed by atoms with E-state index in [9.17, 15) is 14.7 Å². The van der Waals surface area contributed by atoms with Crippen molar-refractivity contribution >= 4 is 17.5 Å². The summed E-state index contributed by atoms with van der Waals surface area (Å²) in [5.74, 6) is -0.400. The van der Waals surface area contributed by atoms with Gasteiger partial charge in [0.25, 0.3) is 5.91 Å². The molecule has 0 saturated carbocycles. The summed E-state index contributed by atoms with van der Waals surface area (Å²) in [6, 6.07) is 8.13. The van der Waals surface area contributed by atoms with Gasteiger partial charge in [-0.05, 0) is 36.8 Å². The molecule has 0 spiro atoms. The summed E-state index contributed by atoms with van der Waals surface area (Å²) in [7, 11) is 1.41. The molecule has 0 aliphatic carbocycles. The molecule has 0 fully saturated rings. The number of methoxy groups -OCH3 is 1. The van der Waals surface area contributed by atoms with Crippen molar-refractivity contribution in [2.24, 2.45) is 0 Å². The number of benzene rings is 1. The molecule has 2 N–H and O–H groups in total. The molecule has 0 saturated heterocycles. The second-order valence-electron chi connectivity index (χ2n) is 5.42. The monoisotopic (exact) mass is 340 g/mol. The third-order valence-corrected chi connectivity index (χ3v) is 3.78. The second kappa shape index (κ2) is 6.60. The van der Waals surface area contributed by atoms with Gasteiger partial charge in [0.1, 0.15) is 17.1 Å². The van der Waals surface area contributed by atoms with Crippen LogP contribution in [0.3, 0.4) is 0 Å². The maximum Gasteiger partial charge on any atom is 0.339 e. The van der Waals surface area contributed by atoms with E-state index in [1.165, 1.54) is 13.2 Å². The number of nitrogens with zero attached hydrogens (tertiary/aromatic N) is 3. The zero-order valence-corrected chi connectivity index (χ0v) is 13.7. The predicted octanol–water partition coefficient (Wildman–Crippen LogP) is 1.67. The molecular formula is C17H16N4O4. The molecule has 2 heterocycles. The largest absolute Gasteiger partial charge is 0.496 e. The van der Waals surface area contributed by atoms with Crippen LogP contribution in [0.4, 0.5) is 0 Å². The maximum atomic E-state index is 12.3. The van der Waals surface area contributed by atoms with Gasteiger partial charge in [-0.1, -0.05) is 6.07 Å². The number of aromatic nitrogens is 3. The van der Waals surface area contributed by atoms with Gasteiger partial charge in [0.2, 0.25) is 0 Å². The lowest BCUT2D eigenvalue weighted by atomic mass is 10.1. The number of hydrogen-bond donors (Lipinski definition) is 2. The van der Waals surface area contributed by atoms with Crippen LogP contribution in [0.1, 0.15) is 32.1 Å². The van der Waals surface area contributed by atoms with Crippen molar-refractivity contribution in [1.29, 1.82) is 0 Å². The van der Waals surface area contributed by atoms with Crippen molar-refractivity contribution in [2.45, 2.75) is 13.5 Å². The van der Waals surface area contributed by atoms with E-state index < -0.39 is 5.97 Å². The van der Waals surface area contributed by atoms with E-state index >= 15 is 0 Å². The molecule has 0 radical (unpaired) electrons. The van der Waals surface area contributed by atoms with E-state index in [-0.39, 0.29) is 23.8 Å². The van der Waals surface area contributed by atoms with Crippen LogP contribution in [-0.2, 0) is 6.54 Å². The van der Waals surface area contributed by atoms with E-state index in [2.05, 4.69) is 15.5 Å². The number of carbonyl (C=O) groups is 2. The minimum atomic E-state index is -1.08. The summed E-state index contributed by atoms with van der Waals surface area (Å²) in [5, 5.41) is 19.9. The lowest BCUT2D eigenvalue weighted by Gasteiger charge is -2.09. The van der Waals surface area contributed by atoms with E-state index in [0.29, 0.717) is 22.6 Å². The molecule has 2 aromatic heterocycles. The fraction of sp³-hybridized carbons (Fsp3) is 0.176. The molecule has 8 nitrogen and oxygen atoms in total. The van der Waals surface area contributed by atoms with E-state index in [0.717, 1.165) is 0 Å². The average molecular weight is 340 g/mol. The number of amides is 1. The minimum Gasteiger partial charge on any atom is -0.496 e. The second-order valence-corrected chi connectivity index (χ2v) is 5.42. The molecule has 1 amide bonds. The quantitative estimate of drug-likeness (QED) is 0.732. The molecule has 0 unspecified atom stereocenters. The highest BCUT2D eigenvalue weighted by molar-refractivity contribution is 5.94. The first-order chi connectivity index (χ1) is 12.0. The van der Waals surface area contributed by atoms with E-state index in [1.807, 2.05) is 0 Å². The van der Waals surface area contributed by atoms with Crippen LogP contribution in [0.15, 0.2) is 36.5 Å². The summed E-state index contributed by atoms with van der Waals surface area (Å²) in [4.78, 5) is 23.6. The first-order valence-corrected chi connectivity index (χ1v) is 7.49. The topological polar surface area (TPSA) is 106 Å². The van der Waals surface area contributed by atoms with Gasteiger partial charge in [-0.25, -0.2) is 4.79 Å². The van der Waals surface area contributed by atoms with Crippen LogP contribution in [0.5, 0.6) is 5.75 Å². The summed E-state index contributed by atoms with van der Waals surface area (Å²) in [6.07, 6.45) is 1.66. The molecule has 0 aliphatic heterocycles. The third-order valence-electron chi connectivity index (χ3n) is 3.78. The van der Waals surface area contributed by atoms with E-state index in [4.69, 9.17) is 4.74 Å². The lowest BCUT2D eigenvalue weighted by molar-refractivity contribution is 0.0693. The minimum absolute atomic E-state index is 0.0517. The number of pyridine rings is 1. The molecular weight excluding hydrogens is 324 g/mol. The van der Waals surface area contributed by atoms with Gasteiger partial charge in [-0.3, -0.25) is 9.20 Å². The van der Waals surface area contributed by atoms with Crippen molar-refractivity contribution in [3.05, 3.63) is 59.0 Å². The SMILES string of the molecule is COc1ccc(CNC(=O)c2ccc3nnc(C)n3c2)cc1C(=O)O. The normalized spacial score (nSPS) is 10.6. The highest BCUT2D eigenvalue weighted by Crippen LogP contribution is 2.20. The number of carbonyl (C=O) groups excluding carboxylic acids is 1. The van der Waals surface area contributed by atoms with Crippen molar-refractivity contribution in [3.63, 3.8) is 0 Å². The fourth-order valence-corrected chi connectivity index (χ4v) is 2.46. The van der Waals surface area contributed by atoms with Crippen LogP contribution >= 0.6 is 0 Å². The van der Waals surface area contributed by atoms with Crippen LogP contribution in [0.25, 0.3) is 5.65 Å². The van der Waals surface area contributed by atoms with Crippen LogP contribution in [-0.4, -0.2) is 38.7 Å². The molecule has 128 valence electrons. The summed E-state index contributed by atoms with van der Waals surface area (Å²) >= 11 is 0. The Kier molecular flexibility index (Phi) is 4.34. The highest BCUT2D eigenvalue weighted by atomic mass is 16.5. The Hall–Kier alpha value is -3.42. The van der Waals surface area contributed by atoms with Crippen molar-refractivity contribution in [3.8, 4) is 5.75 Å². The Morgan fingerprint density at radius 2 is 2.04 bits per heavy atom. The van der Waals surface area contributed by atoms with Gasteiger partial charge < -0.3 is 15.2 Å². The number of nitrogens with one attached hydrogen (secondary N) is 1. The zero-order valence-electron chi connectivity index (χ0n) is 13.7. The lowest BCUT2D eigenvalue weighted by Crippen LogP contribution is -2.23. The summed E-state index contributed by atoms with van der Waals surface area (Å²) < 4.78 is 6.75. The summed E-state index contributed by atoms with van der Waals surface area (Å²) in [6.45, 7) is 1.99.